The van der Waals surface area contributed by atoms with Crippen molar-refractivity contribution < 1.29 is 14.4 Å². The standard InChI is InChI=1S/C33H30ClN3O3S/c1-21-16-22(2)18-27(17-21)36-31(38)23(3)41-28-14-9-13-26(20-28)35-33(40)30(19-25-12-7-8-15-29(25)34)37-32(39)24-10-5-4-6-11-24/h4-20,23H,1-3H3,(H,35,40)(H,36,38)(H,37,39)/b30-19+. The van der Waals surface area contributed by atoms with Crippen molar-refractivity contribution in [2.45, 2.75) is 30.9 Å². The van der Waals surface area contributed by atoms with Gasteiger partial charge in [-0.3, -0.25) is 14.4 Å². The molecule has 41 heavy (non-hydrogen) atoms. The number of anilines is 2. The minimum Gasteiger partial charge on any atom is -0.325 e. The van der Waals surface area contributed by atoms with Crippen molar-refractivity contribution in [3.8, 4) is 0 Å². The molecule has 4 aromatic carbocycles. The van der Waals surface area contributed by atoms with E-state index in [4.69, 9.17) is 11.6 Å². The van der Waals surface area contributed by atoms with Gasteiger partial charge in [0.1, 0.15) is 5.70 Å². The molecule has 1 atom stereocenters. The molecule has 4 aromatic rings. The van der Waals surface area contributed by atoms with Crippen molar-refractivity contribution >= 4 is 58.5 Å². The van der Waals surface area contributed by atoms with Crippen molar-refractivity contribution in [3.63, 3.8) is 0 Å². The first-order valence-electron chi connectivity index (χ1n) is 13.0. The van der Waals surface area contributed by atoms with Crippen LogP contribution in [0.2, 0.25) is 5.02 Å². The van der Waals surface area contributed by atoms with Crippen LogP contribution in [0.5, 0.6) is 0 Å². The number of benzene rings is 4. The van der Waals surface area contributed by atoms with Crippen LogP contribution < -0.4 is 16.0 Å². The minimum atomic E-state index is -0.517. The maximum absolute atomic E-state index is 13.4. The first-order valence-corrected chi connectivity index (χ1v) is 14.2. The molecule has 1 unspecified atom stereocenters. The quantitative estimate of drug-likeness (QED) is 0.141. The van der Waals surface area contributed by atoms with E-state index in [1.165, 1.54) is 17.8 Å². The third-order valence-corrected chi connectivity index (χ3v) is 7.44. The van der Waals surface area contributed by atoms with E-state index < -0.39 is 11.8 Å². The Morgan fingerprint density at radius 2 is 1.46 bits per heavy atom. The molecule has 8 heteroatoms. The number of hydrogen-bond acceptors (Lipinski definition) is 4. The van der Waals surface area contributed by atoms with Crippen LogP contribution in [-0.2, 0) is 9.59 Å². The number of amides is 3. The maximum atomic E-state index is 13.4. The van der Waals surface area contributed by atoms with Crippen molar-refractivity contribution in [3.05, 3.63) is 130 Å². The Kier molecular flexibility index (Phi) is 10.0. The van der Waals surface area contributed by atoms with Crippen LogP contribution in [0.1, 0.15) is 34.0 Å². The van der Waals surface area contributed by atoms with Crippen molar-refractivity contribution in [1.82, 2.24) is 5.32 Å². The van der Waals surface area contributed by atoms with Gasteiger partial charge in [-0.25, -0.2) is 0 Å². The average Bonchev–Trinajstić information content (AvgIpc) is 2.93. The normalized spacial score (nSPS) is 11.9. The van der Waals surface area contributed by atoms with Gasteiger partial charge in [0, 0.05) is 26.9 Å². The number of halogens is 1. The van der Waals surface area contributed by atoms with Gasteiger partial charge in [0.15, 0.2) is 0 Å². The van der Waals surface area contributed by atoms with Crippen LogP contribution in [0.4, 0.5) is 11.4 Å². The lowest BCUT2D eigenvalue weighted by Gasteiger charge is -2.15. The molecule has 0 saturated carbocycles. The molecule has 0 radical (unpaired) electrons. The highest BCUT2D eigenvalue weighted by molar-refractivity contribution is 8.00. The summed E-state index contributed by atoms with van der Waals surface area (Å²) in [5, 5.41) is 8.60. The monoisotopic (exact) mass is 583 g/mol. The Balaban J connectivity index is 1.48. The third kappa shape index (κ3) is 8.58. The molecule has 0 bridgehead atoms. The summed E-state index contributed by atoms with van der Waals surface area (Å²) < 4.78 is 0. The highest BCUT2D eigenvalue weighted by atomic mass is 35.5. The number of aryl methyl sites for hydroxylation is 2. The number of carbonyl (C=O) groups excluding carboxylic acids is 3. The number of rotatable bonds is 9. The van der Waals surface area contributed by atoms with Gasteiger partial charge in [0.2, 0.25) is 5.91 Å². The van der Waals surface area contributed by atoms with E-state index >= 15 is 0 Å². The summed E-state index contributed by atoms with van der Waals surface area (Å²) in [4.78, 5) is 39.9. The van der Waals surface area contributed by atoms with E-state index in [0.29, 0.717) is 21.8 Å². The Morgan fingerprint density at radius 1 is 0.780 bits per heavy atom. The van der Waals surface area contributed by atoms with Crippen LogP contribution in [0, 0.1) is 13.8 Å². The van der Waals surface area contributed by atoms with Crippen LogP contribution in [0.25, 0.3) is 6.08 Å². The fraction of sp³-hybridized carbons (Fsp3) is 0.121. The van der Waals surface area contributed by atoms with E-state index in [-0.39, 0.29) is 16.9 Å². The number of carbonyl (C=O) groups is 3. The van der Waals surface area contributed by atoms with E-state index in [1.54, 1.807) is 66.7 Å². The molecule has 208 valence electrons. The summed E-state index contributed by atoms with van der Waals surface area (Å²) in [7, 11) is 0. The van der Waals surface area contributed by atoms with Crippen molar-refractivity contribution in [2.75, 3.05) is 10.6 Å². The van der Waals surface area contributed by atoms with Gasteiger partial charge in [0.25, 0.3) is 11.8 Å². The summed E-state index contributed by atoms with van der Waals surface area (Å²) in [5.74, 6) is -1.06. The van der Waals surface area contributed by atoms with Crippen LogP contribution in [-0.4, -0.2) is 23.0 Å². The Morgan fingerprint density at radius 3 is 2.17 bits per heavy atom. The second-order valence-electron chi connectivity index (χ2n) is 9.51. The fourth-order valence-electron chi connectivity index (χ4n) is 4.08. The molecule has 0 heterocycles. The second-order valence-corrected chi connectivity index (χ2v) is 11.3. The first-order chi connectivity index (χ1) is 19.7. The molecule has 0 aliphatic carbocycles. The zero-order valence-corrected chi connectivity index (χ0v) is 24.5. The summed E-state index contributed by atoms with van der Waals surface area (Å²) >= 11 is 7.70. The Labute approximate surface area is 249 Å². The van der Waals surface area contributed by atoms with Gasteiger partial charge in [-0.1, -0.05) is 60.1 Å². The van der Waals surface area contributed by atoms with Crippen LogP contribution >= 0.6 is 23.4 Å². The molecule has 4 rings (SSSR count). The molecule has 0 aromatic heterocycles. The van der Waals surface area contributed by atoms with E-state index in [1.807, 2.05) is 45.0 Å². The SMILES string of the molecule is Cc1cc(C)cc(NC(=O)C(C)Sc2cccc(NC(=O)/C(=C\c3ccccc3Cl)NC(=O)c3ccccc3)c2)c1. The minimum absolute atomic E-state index is 0.0335. The van der Waals surface area contributed by atoms with Gasteiger partial charge in [-0.15, -0.1) is 11.8 Å². The van der Waals surface area contributed by atoms with E-state index in [2.05, 4.69) is 22.0 Å². The summed E-state index contributed by atoms with van der Waals surface area (Å²) in [6.45, 7) is 5.81. The first kappa shape index (κ1) is 29.6. The van der Waals surface area contributed by atoms with Crippen molar-refractivity contribution in [2.24, 2.45) is 0 Å². The predicted octanol–water partition coefficient (Wildman–Crippen LogP) is 7.49. The molecule has 0 aliphatic rings. The van der Waals surface area contributed by atoms with E-state index in [0.717, 1.165) is 21.7 Å². The topological polar surface area (TPSA) is 87.3 Å². The summed E-state index contributed by atoms with van der Waals surface area (Å²) in [6, 6.07) is 28.8. The third-order valence-electron chi connectivity index (χ3n) is 6.00. The van der Waals surface area contributed by atoms with Gasteiger partial charge in [-0.05, 0) is 92.1 Å². The smallest absolute Gasteiger partial charge is 0.272 e. The van der Waals surface area contributed by atoms with Crippen LogP contribution in [0.3, 0.4) is 0 Å². The second kappa shape index (κ2) is 13.8. The number of thioether (sulfide) groups is 1. The number of hydrogen-bond donors (Lipinski definition) is 3. The molecular weight excluding hydrogens is 554 g/mol. The maximum Gasteiger partial charge on any atom is 0.272 e. The summed E-state index contributed by atoms with van der Waals surface area (Å²) in [5.41, 5.74) is 4.46. The zero-order valence-electron chi connectivity index (χ0n) is 22.9. The molecule has 0 fully saturated rings. The highest BCUT2D eigenvalue weighted by Gasteiger charge is 2.18. The fourth-order valence-corrected chi connectivity index (χ4v) is 5.20. The molecule has 6 nitrogen and oxygen atoms in total. The van der Waals surface area contributed by atoms with E-state index in [9.17, 15) is 14.4 Å². The number of nitrogens with one attached hydrogen (secondary N) is 3. The van der Waals surface area contributed by atoms with Gasteiger partial charge < -0.3 is 16.0 Å². The zero-order chi connectivity index (χ0) is 29.4. The molecule has 0 spiro atoms. The van der Waals surface area contributed by atoms with Crippen LogP contribution in [0.15, 0.2) is 108 Å². The molecule has 3 N–H and O–H groups in total. The summed E-state index contributed by atoms with van der Waals surface area (Å²) in [6.07, 6.45) is 1.54. The lowest BCUT2D eigenvalue weighted by molar-refractivity contribution is -0.115. The van der Waals surface area contributed by atoms with Crippen molar-refractivity contribution in [1.29, 1.82) is 0 Å². The largest absolute Gasteiger partial charge is 0.325 e. The lowest BCUT2D eigenvalue weighted by Crippen LogP contribution is -2.30. The lowest BCUT2D eigenvalue weighted by atomic mass is 10.1. The Hall–Kier alpha value is -4.33. The molecular formula is C33H30ClN3O3S. The van der Waals surface area contributed by atoms with Gasteiger partial charge in [-0.2, -0.15) is 0 Å². The predicted molar refractivity (Wildman–Crippen MR) is 168 cm³/mol. The van der Waals surface area contributed by atoms with Gasteiger partial charge in [0.05, 0.1) is 5.25 Å². The molecule has 0 aliphatic heterocycles. The average molecular weight is 584 g/mol. The molecule has 3 amide bonds. The van der Waals surface area contributed by atoms with Gasteiger partial charge >= 0.3 is 0 Å². The highest BCUT2D eigenvalue weighted by Crippen LogP contribution is 2.27. The molecule has 0 saturated heterocycles. The Bertz CT molecular complexity index is 1580.